The molecule has 0 spiro atoms. The van der Waals surface area contributed by atoms with Crippen molar-refractivity contribution in [1.29, 1.82) is 0 Å². The maximum atomic E-state index is 11.6. The summed E-state index contributed by atoms with van der Waals surface area (Å²) in [5, 5.41) is 2.85. The Kier molecular flexibility index (Phi) is 4.63. The molecule has 0 aliphatic heterocycles. The molecule has 4 nitrogen and oxygen atoms in total. The zero-order valence-electron chi connectivity index (χ0n) is 8.92. The molecule has 0 unspecified atom stereocenters. The summed E-state index contributed by atoms with van der Waals surface area (Å²) in [5.74, 6) is 5.19. The fraction of sp³-hybridized carbons (Fsp3) is 0.364. The van der Waals surface area contributed by atoms with Crippen LogP contribution in [0.5, 0.6) is 0 Å². The highest BCUT2D eigenvalue weighted by molar-refractivity contribution is 5.94. The van der Waals surface area contributed by atoms with Crippen LogP contribution in [0.3, 0.4) is 0 Å². The predicted molar refractivity (Wildman–Crippen MR) is 61.5 cm³/mol. The standard InChI is InChI=1S/C11H17N3O/c1-2-3-8-13-11(15)9-4-6-10(14-12)7-5-9/h4-7,14H,2-3,8,12H2,1H3,(H,13,15). The molecular formula is C11H17N3O. The van der Waals surface area contributed by atoms with Crippen LogP contribution in [0.1, 0.15) is 30.1 Å². The average Bonchev–Trinajstić information content (AvgIpc) is 2.29. The van der Waals surface area contributed by atoms with Crippen molar-refractivity contribution < 1.29 is 4.79 Å². The summed E-state index contributed by atoms with van der Waals surface area (Å²) in [7, 11) is 0. The maximum Gasteiger partial charge on any atom is 0.251 e. The number of nitrogen functional groups attached to an aromatic ring is 1. The minimum atomic E-state index is -0.0352. The van der Waals surface area contributed by atoms with Crippen molar-refractivity contribution in [3.05, 3.63) is 29.8 Å². The molecule has 82 valence electrons. The second-order valence-electron chi connectivity index (χ2n) is 3.33. The zero-order valence-corrected chi connectivity index (χ0v) is 8.92. The van der Waals surface area contributed by atoms with Crippen LogP contribution in [0.2, 0.25) is 0 Å². The number of hydrogen-bond acceptors (Lipinski definition) is 3. The van der Waals surface area contributed by atoms with Crippen LogP contribution in [0.15, 0.2) is 24.3 Å². The number of nitrogens with one attached hydrogen (secondary N) is 2. The monoisotopic (exact) mass is 207 g/mol. The number of anilines is 1. The summed E-state index contributed by atoms with van der Waals surface area (Å²) >= 11 is 0. The third-order valence-corrected chi connectivity index (χ3v) is 2.13. The molecule has 1 aromatic carbocycles. The van der Waals surface area contributed by atoms with E-state index in [9.17, 15) is 4.79 Å². The van der Waals surface area contributed by atoms with E-state index in [2.05, 4.69) is 17.7 Å². The second kappa shape index (κ2) is 6.03. The number of rotatable bonds is 5. The molecule has 0 radical (unpaired) electrons. The van der Waals surface area contributed by atoms with Crippen molar-refractivity contribution in [2.45, 2.75) is 19.8 Å². The van der Waals surface area contributed by atoms with Crippen molar-refractivity contribution >= 4 is 11.6 Å². The molecule has 0 fully saturated rings. The Morgan fingerprint density at radius 3 is 2.53 bits per heavy atom. The lowest BCUT2D eigenvalue weighted by atomic mass is 10.2. The molecule has 0 atom stereocenters. The molecule has 15 heavy (non-hydrogen) atoms. The maximum absolute atomic E-state index is 11.6. The van der Waals surface area contributed by atoms with Crippen LogP contribution < -0.4 is 16.6 Å². The molecule has 0 aliphatic rings. The van der Waals surface area contributed by atoms with E-state index in [4.69, 9.17) is 5.84 Å². The van der Waals surface area contributed by atoms with Gasteiger partial charge in [-0.1, -0.05) is 13.3 Å². The Bertz CT molecular complexity index is 308. The Hall–Kier alpha value is -1.55. The topological polar surface area (TPSA) is 67.2 Å². The largest absolute Gasteiger partial charge is 0.352 e. The molecule has 0 saturated carbocycles. The second-order valence-corrected chi connectivity index (χ2v) is 3.33. The van der Waals surface area contributed by atoms with Gasteiger partial charge in [0.05, 0.1) is 0 Å². The van der Waals surface area contributed by atoms with Crippen molar-refractivity contribution in [2.75, 3.05) is 12.0 Å². The van der Waals surface area contributed by atoms with E-state index in [1.165, 1.54) is 0 Å². The molecule has 1 amide bonds. The van der Waals surface area contributed by atoms with Gasteiger partial charge in [-0.3, -0.25) is 10.6 Å². The first-order valence-electron chi connectivity index (χ1n) is 5.12. The number of hydrazine groups is 1. The van der Waals surface area contributed by atoms with Crippen LogP contribution in [-0.4, -0.2) is 12.5 Å². The van der Waals surface area contributed by atoms with Gasteiger partial charge in [-0.05, 0) is 30.7 Å². The van der Waals surface area contributed by atoms with Gasteiger partial charge in [0.25, 0.3) is 5.91 Å². The summed E-state index contributed by atoms with van der Waals surface area (Å²) in [6, 6.07) is 7.04. The van der Waals surface area contributed by atoms with Gasteiger partial charge in [-0.15, -0.1) is 0 Å². The molecule has 0 bridgehead atoms. The number of hydrogen-bond donors (Lipinski definition) is 3. The first-order valence-corrected chi connectivity index (χ1v) is 5.12. The first kappa shape index (κ1) is 11.5. The highest BCUT2D eigenvalue weighted by Crippen LogP contribution is 2.07. The van der Waals surface area contributed by atoms with Gasteiger partial charge < -0.3 is 10.7 Å². The van der Waals surface area contributed by atoms with Crippen LogP contribution >= 0.6 is 0 Å². The minimum absolute atomic E-state index is 0.0352. The van der Waals surface area contributed by atoms with Crippen molar-refractivity contribution in [3.63, 3.8) is 0 Å². The fourth-order valence-electron chi connectivity index (χ4n) is 1.20. The first-order chi connectivity index (χ1) is 7.27. The average molecular weight is 207 g/mol. The van der Waals surface area contributed by atoms with E-state index in [1.54, 1.807) is 24.3 Å². The van der Waals surface area contributed by atoms with Crippen molar-refractivity contribution in [1.82, 2.24) is 5.32 Å². The van der Waals surface area contributed by atoms with Crippen molar-refractivity contribution in [2.24, 2.45) is 5.84 Å². The van der Waals surface area contributed by atoms with E-state index in [0.29, 0.717) is 5.56 Å². The summed E-state index contributed by atoms with van der Waals surface area (Å²) in [4.78, 5) is 11.6. The Morgan fingerprint density at radius 1 is 1.33 bits per heavy atom. The predicted octanol–water partition coefficient (Wildman–Crippen LogP) is 1.50. The molecule has 0 heterocycles. The summed E-state index contributed by atoms with van der Waals surface area (Å²) < 4.78 is 0. The summed E-state index contributed by atoms with van der Waals surface area (Å²) in [6.45, 7) is 2.82. The molecule has 4 N–H and O–H groups in total. The number of benzene rings is 1. The lowest BCUT2D eigenvalue weighted by Gasteiger charge is -2.05. The molecular weight excluding hydrogens is 190 g/mol. The lowest BCUT2D eigenvalue weighted by Crippen LogP contribution is -2.24. The van der Waals surface area contributed by atoms with E-state index in [-0.39, 0.29) is 5.91 Å². The van der Waals surface area contributed by atoms with Gasteiger partial charge in [0.2, 0.25) is 0 Å². The van der Waals surface area contributed by atoms with Gasteiger partial charge >= 0.3 is 0 Å². The van der Waals surface area contributed by atoms with Crippen LogP contribution in [-0.2, 0) is 0 Å². The number of amides is 1. The Labute approximate surface area is 89.8 Å². The van der Waals surface area contributed by atoms with Crippen LogP contribution in [0.4, 0.5) is 5.69 Å². The normalized spacial score (nSPS) is 9.73. The summed E-state index contributed by atoms with van der Waals surface area (Å²) in [5.41, 5.74) is 3.96. The number of unbranched alkanes of at least 4 members (excludes halogenated alkanes) is 1. The molecule has 0 saturated heterocycles. The fourth-order valence-corrected chi connectivity index (χ4v) is 1.20. The molecule has 4 heteroatoms. The highest BCUT2D eigenvalue weighted by Gasteiger charge is 2.03. The third kappa shape index (κ3) is 3.59. The van der Waals surface area contributed by atoms with Crippen LogP contribution in [0.25, 0.3) is 0 Å². The van der Waals surface area contributed by atoms with Gasteiger partial charge in [-0.2, -0.15) is 0 Å². The molecule has 1 rings (SSSR count). The van der Waals surface area contributed by atoms with Gasteiger partial charge in [0.1, 0.15) is 0 Å². The number of carbonyl (C=O) groups excluding carboxylic acids is 1. The van der Waals surface area contributed by atoms with E-state index in [0.717, 1.165) is 25.1 Å². The van der Waals surface area contributed by atoms with Crippen LogP contribution in [0, 0.1) is 0 Å². The van der Waals surface area contributed by atoms with Crippen molar-refractivity contribution in [3.8, 4) is 0 Å². The van der Waals surface area contributed by atoms with E-state index >= 15 is 0 Å². The zero-order chi connectivity index (χ0) is 11.1. The van der Waals surface area contributed by atoms with E-state index < -0.39 is 0 Å². The van der Waals surface area contributed by atoms with E-state index in [1.807, 2.05) is 0 Å². The molecule has 0 aliphatic carbocycles. The molecule has 0 aromatic heterocycles. The third-order valence-electron chi connectivity index (χ3n) is 2.13. The minimum Gasteiger partial charge on any atom is -0.352 e. The SMILES string of the molecule is CCCCNC(=O)c1ccc(NN)cc1. The Morgan fingerprint density at radius 2 is 2.00 bits per heavy atom. The van der Waals surface area contributed by atoms with Gasteiger partial charge in [0, 0.05) is 17.8 Å². The highest BCUT2D eigenvalue weighted by atomic mass is 16.1. The quantitative estimate of drug-likeness (QED) is 0.389. The molecule has 1 aromatic rings. The summed E-state index contributed by atoms with van der Waals surface area (Å²) in [6.07, 6.45) is 2.09. The van der Waals surface area contributed by atoms with Gasteiger partial charge in [-0.25, -0.2) is 0 Å². The smallest absolute Gasteiger partial charge is 0.251 e. The lowest BCUT2D eigenvalue weighted by molar-refractivity contribution is 0.0953. The van der Waals surface area contributed by atoms with Gasteiger partial charge in [0.15, 0.2) is 0 Å². The number of nitrogens with two attached hydrogens (primary N) is 1. The number of carbonyl (C=O) groups is 1. The Balaban J connectivity index is 2.50.